The summed E-state index contributed by atoms with van der Waals surface area (Å²) in [7, 11) is 2.02. The molecule has 0 radical (unpaired) electrons. The molecule has 156 valence electrons. The number of carbonyl (C=O) groups is 1. The van der Waals surface area contributed by atoms with Gasteiger partial charge in [-0.3, -0.25) is 14.5 Å². The summed E-state index contributed by atoms with van der Waals surface area (Å²) in [5.74, 6) is -1.27. The highest BCUT2D eigenvalue weighted by Gasteiger charge is 2.28. The van der Waals surface area contributed by atoms with Gasteiger partial charge >= 0.3 is 0 Å². The minimum Gasteiger partial charge on any atom is -0.367 e. The molecule has 1 amide bonds. The molecule has 0 saturated carbocycles. The van der Waals surface area contributed by atoms with Crippen molar-refractivity contribution in [3.8, 4) is 0 Å². The van der Waals surface area contributed by atoms with Crippen LogP contribution in [0.4, 0.5) is 24.5 Å². The molecule has 9 heteroatoms. The van der Waals surface area contributed by atoms with E-state index in [0.717, 1.165) is 6.20 Å². The number of anilines is 2. The first-order valence-corrected chi connectivity index (χ1v) is 9.26. The van der Waals surface area contributed by atoms with Gasteiger partial charge in [-0.2, -0.15) is 0 Å². The smallest absolute Gasteiger partial charge is 0.264 e. The number of halogens is 3. The lowest BCUT2D eigenvalue weighted by Crippen LogP contribution is -2.55. The molecular weight excluding hydrogens is 385 g/mol. The zero-order chi connectivity index (χ0) is 21.3. The van der Waals surface area contributed by atoms with Gasteiger partial charge in [-0.05, 0) is 39.1 Å². The second kappa shape index (κ2) is 8.28. The van der Waals surface area contributed by atoms with Crippen molar-refractivity contribution in [2.24, 2.45) is 0 Å². The molecule has 2 unspecified atom stereocenters. The Morgan fingerprint density at radius 2 is 1.86 bits per heavy atom. The van der Waals surface area contributed by atoms with Crippen LogP contribution >= 0.6 is 0 Å². The van der Waals surface area contributed by atoms with Crippen molar-refractivity contribution in [3.05, 3.63) is 57.8 Å². The summed E-state index contributed by atoms with van der Waals surface area (Å²) in [4.78, 5) is 30.4. The van der Waals surface area contributed by atoms with Crippen LogP contribution in [0.1, 0.15) is 36.2 Å². The molecule has 1 aromatic carbocycles. The van der Waals surface area contributed by atoms with Gasteiger partial charge in [-0.1, -0.05) is 0 Å². The third-order valence-corrected chi connectivity index (χ3v) is 5.34. The van der Waals surface area contributed by atoms with E-state index in [1.54, 1.807) is 0 Å². The number of aromatic amines is 1. The van der Waals surface area contributed by atoms with Crippen LogP contribution in [0.25, 0.3) is 0 Å². The third kappa shape index (κ3) is 4.45. The van der Waals surface area contributed by atoms with Crippen LogP contribution in [-0.2, 0) is 0 Å². The Labute approximate surface area is 166 Å². The average Bonchev–Trinajstić information content (AvgIpc) is 2.66. The minimum atomic E-state index is -2.98. The van der Waals surface area contributed by atoms with Crippen LogP contribution in [0.2, 0.25) is 0 Å². The Hall–Kier alpha value is -2.81. The van der Waals surface area contributed by atoms with Gasteiger partial charge in [0.05, 0.1) is 16.9 Å². The molecule has 0 bridgehead atoms. The molecule has 1 aliphatic heterocycles. The molecule has 1 saturated heterocycles. The highest BCUT2D eigenvalue weighted by atomic mass is 19.3. The third-order valence-electron chi connectivity index (χ3n) is 5.34. The summed E-state index contributed by atoms with van der Waals surface area (Å²) < 4.78 is 40.5. The zero-order valence-electron chi connectivity index (χ0n) is 16.4. The molecule has 0 spiro atoms. The van der Waals surface area contributed by atoms with Gasteiger partial charge in [0.1, 0.15) is 5.82 Å². The molecule has 1 aromatic heterocycles. The second-order valence-electron chi connectivity index (χ2n) is 7.35. The zero-order valence-corrected chi connectivity index (χ0v) is 16.4. The lowest BCUT2D eigenvalue weighted by molar-refractivity contribution is 0.101. The number of piperazine rings is 1. The fourth-order valence-electron chi connectivity index (χ4n) is 3.53. The van der Waals surface area contributed by atoms with Crippen molar-refractivity contribution in [1.82, 2.24) is 9.88 Å². The van der Waals surface area contributed by atoms with Crippen LogP contribution in [0.15, 0.2) is 35.3 Å². The van der Waals surface area contributed by atoms with Gasteiger partial charge in [0, 0.05) is 43.0 Å². The maximum absolute atomic E-state index is 14.0. The molecule has 0 aliphatic carbocycles. The quantitative estimate of drug-likeness (QED) is 0.815. The van der Waals surface area contributed by atoms with E-state index in [9.17, 15) is 22.8 Å². The Bertz CT molecular complexity index is 951. The van der Waals surface area contributed by atoms with Crippen LogP contribution in [0.3, 0.4) is 0 Å². The van der Waals surface area contributed by atoms with E-state index in [1.807, 2.05) is 11.9 Å². The predicted octanol–water partition coefficient (Wildman–Crippen LogP) is 3.23. The molecular formula is C20H23F3N4O2. The second-order valence-corrected chi connectivity index (χ2v) is 7.35. The van der Waals surface area contributed by atoms with Crippen molar-refractivity contribution in [2.75, 3.05) is 30.4 Å². The topological polar surface area (TPSA) is 68.4 Å². The van der Waals surface area contributed by atoms with Crippen LogP contribution in [0.5, 0.6) is 0 Å². The van der Waals surface area contributed by atoms with Crippen LogP contribution in [0, 0.1) is 5.82 Å². The van der Waals surface area contributed by atoms with Crippen molar-refractivity contribution >= 4 is 17.3 Å². The fraction of sp³-hybridized carbons (Fsp3) is 0.400. The number of carbonyl (C=O) groups excluding carboxylic acids is 1. The fourth-order valence-corrected chi connectivity index (χ4v) is 3.53. The Morgan fingerprint density at radius 1 is 1.21 bits per heavy atom. The number of likely N-dealkylation sites (N-methyl/N-ethyl adjacent to an activating group) is 1. The normalized spacial score (nSPS) is 20.2. The van der Waals surface area contributed by atoms with Crippen molar-refractivity contribution in [2.45, 2.75) is 32.4 Å². The maximum atomic E-state index is 14.0. The van der Waals surface area contributed by atoms with E-state index in [0.29, 0.717) is 30.5 Å². The molecule has 2 N–H and O–H groups in total. The summed E-state index contributed by atoms with van der Waals surface area (Å²) >= 11 is 0. The highest BCUT2D eigenvalue weighted by Crippen LogP contribution is 2.31. The van der Waals surface area contributed by atoms with Gasteiger partial charge in [0.15, 0.2) is 0 Å². The van der Waals surface area contributed by atoms with E-state index in [1.165, 1.54) is 18.2 Å². The Balaban J connectivity index is 1.93. The average molecular weight is 408 g/mol. The number of benzene rings is 1. The molecule has 6 nitrogen and oxygen atoms in total. The Kier molecular flexibility index (Phi) is 5.97. The standard InChI is InChI=1S/C20H23F3N4O2/c1-11-9-27(10-12(2)26(11)3)17-6-13(21)4-5-16(17)25-20(29)15-8-24-18(28)7-14(15)19(22)23/h4-8,11-12,19H,9-10H2,1-3H3,(H,24,28)(H,25,29). The van der Waals surface area contributed by atoms with Gasteiger partial charge in [0.2, 0.25) is 5.56 Å². The van der Waals surface area contributed by atoms with Crippen molar-refractivity contribution in [1.29, 1.82) is 0 Å². The van der Waals surface area contributed by atoms with E-state index in [4.69, 9.17) is 0 Å². The number of alkyl halides is 2. The number of H-pyrrole nitrogens is 1. The number of hydrogen-bond acceptors (Lipinski definition) is 4. The van der Waals surface area contributed by atoms with E-state index < -0.39 is 29.3 Å². The number of rotatable bonds is 4. The summed E-state index contributed by atoms with van der Waals surface area (Å²) in [5, 5.41) is 2.59. The highest BCUT2D eigenvalue weighted by molar-refractivity contribution is 6.06. The largest absolute Gasteiger partial charge is 0.367 e. The molecule has 1 aliphatic rings. The lowest BCUT2D eigenvalue weighted by atomic mass is 10.1. The molecule has 1 fully saturated rings. The number of amides is 1. The van der Waals surface area contributed by atoms with Gasteiger partial charge < -0.3 is 15.2 Å². The Morgan fingerprint density at radius 3 is 2.48 bits per heavy atom. The van der Waals surface area contributed by atoms with E-state index in [-0.39, 0.29) is 17.6 Å². The first-order chi connectivity index (χ1) is 13.7. The van der Waals surface area contributed by atoms with Crippen LogP contribution < -0.4 is 15.8 Å². The molecule has 2 aromatic rings. The van der Waals surface area contributed by atoms with Gasteiger partial charge in [-0.15, -0.1) is 0 Å². The van der Waals surface area contributed by atoms with E-state index in [2.05, 4.69) is 29.0 Å². The molecule has 2 atom stereocenters. The number of hydrogen-bond donors (Lipinski definition) is 2. The first kappa shape index (κ1) is 20.9. The summed E-state index contributed by atoms with van der Waals surface area (Å²) in [6.45, 7) is 5.34. The maximum Gasteiger partial charge on any atom is 0.264 e. The number of aromatic nitrogens is 1. The molecule has 3 rings (SSSR count). The first-order valence-electron chi connectivity index (χ1n) is 9.26. The molecule has 2 heterocycles. The monoisotopic (exact) mass is 408 g/mol. The van der Waals surface area contributed by atoms with Gasteiger partial charge in [-0.25, -0.2) is 13.2 Å². The number of pyridine rings is 1. The summed E-state index contributed by atoms with van der Waals surface area (Å²) in [6.07, 6.45) is -2.02. The lowest BCUT2D eigenvalue weighted by Gasteiger charge is -2.44. The van der Waals surface area contributed by atoms with Crippen LogP contribution in [-0.4, -0.2) is 48.0 Å². The SMILES string of the molecule is CC1CN(c2cc(F)ccc2NC(=O)c2c[nH]c(=O)cc2C(F)F)CC(C)N1C. The van der Waals surface area contributed by atoms with E-state index >= 15 is 0 Å². The predicted molar refractivity (Wildman–Crippen MR) is 105 cm³/mol. The number of nitrogens with zero attached hydrogens (tertiary/aromatic N) is 2. The molecule has 29 heavy (non-hydrogen) atoms. The summed E-state index contributed by atoms with van der Waals surface area (Å²) in [6, 6.07) is 5.04. The minimum absolute atomic E-state index is 0.204. The van der Waals surface area contributed by atoms with Crippen molar-refractivity contribution in [3.63, 3.8) is 0 Å². The van der Waals surface area contributed by atoms with Gasteiger partial charge in [0.25, 0.3) is 12.3 Å². The number of nitrogens with one attached hydrogen (secondary N) is 2. The summed E-state index contributed by atoms with van der Waals surface area (Å²) in [5.41, 5.74) is -0.925. The van der Waals surface area contributed by atoms with Crippen molar-refractivity contribution < 1.29 is 18.0 Å².